The summed E-state index contributed by atoms with van der Waals surface area (Å²) in [6.07, 6.45) is 0.344. The van der Waals surface area contributed by atoms with Gasteiger partial charge in [-0.1, -0.05) is 0 Å². The second-order valence-corrected chi connectivity index (χ2v) is 3.12. The normalized spacial score (nSPS) is 11.9. The zero-order chi connectivity index (χ0) is 11.0. The number of nitrogens with one attached hydrogen (secondary N) is 2. The van der Waals surface area contributed by atoms with Gasteiger partial charge in [0.05, 0.1) is 13.5 Å². The number of carbonyl (C=O) groups is 2. The van der Waals surface area contributed by atoms with Crippen LogP contribution in [0.5, 0.6) is 0 Å². The standard InChI is InChI=1S/C9H18N2O3/c1-7(6-9(13)14-3)10-4-5-11-8(2)12/h7,10H,4-6H2,1-3H3,(H,11,12). The highest BCUT2D eigenvalue weighted by Gasteiger charge is 2.07. The lowest BCUT2D eigenvalue weighted by atomic mass is 10.2. The SMILES string of the molecule is COC(=O)CC(C)NCCNC(C)=O. The fraction of sp³-hybridized carbons (Fsp3) is 0.778. The summed E-state index contributed by atoms with van der Waals surface area (Å²) in [4.78, 5) is 21.3. The minimum atomic E-state index is -0.232. The molecule has 0 aromatic carbocycles. The van der Waals surface area contributed by atoms with Crippen LogP contribution in [0.1, 0.15) is 20.3 Å². The van der Waals surface area contributed by atoms with E-state index in [9.17, 15) is 9.59 Å². The van der Waals surface area contributed by atoms with Crippen molar-refractivity contribution in [2.45, 2.75) is 26.3 Å². The molecule has 0 rings (SSSR count). The van der Waals surface area contributed by atoms with E-state index in [4.69, 9.17) is 0 Å². The van der Waals surface area contributed by atoms with Gasteiger partial charge in [0.15, 0.2) is 0 Å². The monoisotopic (exact) mass is 202 g/mol. The Hall–Kier alpha value is -1.10. The van der Waals surface area contributed by atoms with Gasteiger partial charge >= 0.3 is 5.97 Å². The van der Waals surface area contributed by atoms with Gasteiger partial charge in [0.1, 0.15) is 0 Å². The molecule has 0 spiro atoms. The molecule has 0 aromatic heterocycles. The minimum Gasteiger partial charge on any atom is -0.469 e. The van der Waals surface area contributed by atoms with Crippen LogP contribution in [-0.2, 0) is 14.3 Å². The summed E-state index contributed by atoms with van der Waals surface area (Å²) < 4.78 is 4.52. The molecule has 0 heterocycles. The number of hydrogen-bond donors (Lipinski definition) is 2. The first-order chi connectivity index (χ1) is 6.56. The highest BCUT2D eigenvalue weighted by atomic mass is 16.5. The molecule has 0 saturated heterocycles. The number of methoxy groups -OCH3 is 1. The Morgan fingerprint density at radius 3 is 2.50 bits per heavy atom. The van der Waals surface area contributed by atoms with Crippen molar-refractivity contribution < 1.29 is 14.3 Å². The van der Waals surface area contributed by atoms with E-state index in [1.54, 1.807) is 0 Å². The van der Waals surface area contributed by atoms with Crippen LogP contribution in [0.25, 0.3) is 0 Å². The first kappa shape index (κ1) is 12.9. The Balaban J connectivity index is 3.39. The van der Waals surface area contributed by atoms with Gasteiger partial charge in [-0.3, -0.25) is 9.59 Å². The molecule has 1 atom stereocenters. The van der Waals surface area contributed by atoms with Crippen LogP contribution in [0.15, 0.2) is 0 Å². The molecular weight excluding hydrogens is 184 g/mol. The van der Waals surface area contributed by atoms with Crippen LogP contribution in [0, 0.1) is 0 Å². The van der Waals surface area contributed by atoms with Gasteiger partial charge in [0.25, 0.3) is 0 Å². The summed E-state index contributed by atoms with van der Waals surface area (Å²) in [5.41, 5.74) is 0. The molecule has 5 heteroatoms. The van der Waals surface area contributed by atoms with Gasteiger partial charge in [-0.2, -0.15) is 0 Å². The fourth-order valence-corrected chi connectivity index (χ4v) is 0.963. The lowest BCUT2D eigenvalue weighted by molar-refractivity contribution is -0.141. The highest BCUT2D eigenvalue weighted by molar-refractivity contribution is 5.72. The first-order valence-electron chi connectivity index (χ1n) is 4.61. The molecule has 14 heavy (non-hydrogen) atoms. The zero-order valence-electron chi connectivity index (χ0n) is 8.92. The van der Waals surface area contributed by atoms with E-state index in [-0.39, 0.29) is 17.9 Å². The Morgan fingerprint density at radius 2 is 2.00 bits per heavy atom. The predicted molar refractivity (Wildman–Crippen MR) is 52.8 cm³/mol. The first-order valence-corrected chi connectivity index (χ1v) is 4.61. The van der Waals surface area contributed by atoms with Gasteiger partial charge < -0.3 is 15.4 Å². The fourth-order valence-electron chi connectivity index (χ4n) is 0.963. The molecular formula is C9H18N2O3. The Bertz CT molecular complexity index is 194. The van der Waals surface area contributed by atoms with Gasteiger partial charge in [-0.25, -0.2) is 0 Å². The summed E-state index contributed by atoms with van der Waals surface area (Å²) >= 11 is 0. The van der Waals surface area contributed by atoms with Gasteiger partial charge in [-0.05, 0) is 6.92 Å². The lowest BCUT2D eigenvalue weighted by Gasteiger charge is -2.12. The summed E-state index contributed by atoms with van der Waals surface area (Å²) in [6, 6.07) is 0.0659. The molecule has 1 amide bonds. The number of rotatable bonds is 6. The molecule has 0 saturated carbocycles. The van der Waals surface area contributed by atoms with E-state index in [0.29, 0.717) is 19.5 Å². The Labute approximate surface area is 84.2 Å². The van der Waals surface area contributed by atoms with Crippen molar-refractivity contribution in [3.05, 3.63) is 0 Å². The van der Waals surface area contributed by atoms with Crippen molar-refractivity contribution in [1.29, 1.82) is 0 Å². The summed E-state index contributed by atoms with van der Waals surface area (Å²) in [7, 11) is 1.37. The third kappa shape index (κ3) is 7.54. The summed E-state index contributed by atoms with van der Waals surface area (Å²) in [5.74, 6) is -0.281. The summed E-state index contributed by atoms with van der Waals surface area (Å²) in [5, 5.41) is 5.74. The van der Waals surface area contributed by atoms with E-state index in [1.807, 2.05) is 6.92 Å². The van der Waals surface area contributed by atoms with Crippen molar-refractivity contribution in [1.82, 2.24) is 10.6 Å². The van der Waals surface area contributed by atoms with E-state index in [0.717, 1.165) is 0 Å². The van der Waals surface area contributed by atoms with Crippen molar-refractivity contribution >= 4 is 11.9 Å². The van der Waals surface area contributed by atoms with Gasteiger partial charge in [0.2, 0.25) is 5.91 Å². The molecule has 0 aliphatic heterocycles. The largest absolute Gasteiger partial charge is 0.469 e. The third-order valence-electron chi connectivity index (χ3n) is 1.69. The molecule has 82 valence electrons. The van der Waals surface area contributed by atoms with Crippen molar-refractivity contribution in [3.8, 4) is 0 Å². The molecule has 0 aliphatic rings. The predicted octanol–water partition coefficient (Wildman–Crippen LogP) is -0.336. The third-order valence-corrected chi connectivity index (χ3v) is 1.69. The second kappa shape index (κ2) is 7.32. The van der Waals surface area contributed by atoms with Gasteiger partial charge in [0, 0.05) is 26.1 Å². The molecule has 0 bridgehead atoms. The van der Waals surface area contributed by atoms with E-state index in [2.05, 4.69) is 15.4 Å². The highest BCUT2D eigenvalue weighted by Crippen LogP contribution is 1.91. The van der Waals surface area contributed by atoms with Crippen LogP contribution in [-0.4, -0.2) is 38.1 Å². The van der Waals surface area contributed by atoms with Crippen molar-refractivity contribution in [3.63, 3.8) is 0 Å². The van der Waals surface area contributed by atoms with Crippen LogP contribution in [0.4, 0.5) is 0 Å². The Morgan fingerprint density at radius 1 is 1.36 bits per heavy atom. The average Bonchev–Trinajstić information content (AvgIpc) is 2.12. The van der Waals surface area contributed by atoms with Crippen LogP contribution >= 0.6 is 0 Å². The number of ether oxygens (including phenoxy) is 1. The van der Waals surface area contributed by atoms with Crippen LogP contribution < -0.4 is 10.6 Å². The molecule has 0 radical (unpaired) electrons. The molecule has 1 unspecified atom stereocenters. The maximum absolute atomic E-state index is 10.8. The number of esters is 1. The van der Waals surface area contributed by atoms with Crippen molar-refractivity contribution in [2.75, 3.05) is 20.2 Å². The van der Waals surface area contributed by atoms with Crippen LogP contribution in [0.3, 0.4) is 0 Å². The van der Waals surface area contributed by atoms with Crippen LogP contribution in [0.2, 0.25) is 0 Å². The summed E-state index contributed by atoms with van der Waals surface area (Å²) in [6.45, 7) is 4.58. The van der Waals surface area contributed by atoms with Gasteiger partial charge in [-0.15, -0.1) is 0 Å². The lowest BCUT2D eigenvalue weighted by Crippen LogP contribution is -2.36. The average molecular weight is 202 g/mol. The molecule has 5 nitrogen and oxygen atoms in total. The maximum atomic E-state index is 10.8. The molecule has 2 N–H and O–H groups in total. The van der Waals surface area contributed by atoms with E-state index < -0.39 is 0 Å². The quantitative estimate of drug-likeness (QED) is 0.457. The zero-order valence-corrected chi connectivity index (χ0v) is 8.92. The van der Waals surface area contributed by atoms with Crippen molar-refractivity contribution in [2.24, 2.45) is 0 Å². The number of carbonyl (C=O) groups excluding carboxylic acids is 2. The maximum Gasteiger partial charge on any atom is 0.307 e. The van der Waals surface area contributed by atoms with E-state index in [1.165, 1.54) is 14.0 Å². The smallest absolute Gasteiger partial charge is 0.307 e. The minimum absolute atomic E-state index is 0.0487. The Kier molecular flexibility index (Phi) is 6.74. The number of amides is 1. The van der Waals surface area contributed by atoms with E-state index >= 15 is 0 Å². The molecule has 0 aromatic rings. The second-order valence-electron chi connectivity index (χ2n) is 3.12. The molecule has 0 aliphatic carbocycles. The molecule has 0 fully saturated rings. The topological polar surface area (TPSA) is 67.4 Å². The number of hydrogen-bond acceptors (Lipinski definition) is 4.